The average Bonchev–Trinajstić information content (AvgIpc) is 2.94. The molecule has 1 saturated heterocycles. The summed E-state index contributed by atoms with van der Waals surface area (Å²) < 4.78 is 51.1. The minimum Gasteiger partial charge on any atom is -0.403 e. The Kier molecular flexibility index (Phi) is 3.29. The van der Waals surface area contributed by atoms with Gasteiger partial charge in [0.05, 0.1) is 17.1 Å². The average molecular weight is 304 g/mol. The Labute approximate surface area is 124 Å². The topological polar surface area (TPSA) is 18.5 Å². The fourth-order valence-electron chi connectivity index (χ4n) is 4.01. The van der Waals surface area contributed by atoms with Crippen LogP contribution in [-0.2, 0) is 9.31 Å². The molecular weight excluding hydrogens is 280 g/mol. The van der Waals surface area contributed by atoms with Gasteiger partial charge in [0.1, 0.15) is 0 Å². The minimum absolute atomic E-state index is 0.128. The summed E-state index contributed by atoms with van der Waals surface area (Å²) in [6.07, 6.45) is -1.16. The largest absolute Gasteiger partial charge is 0.461 e. The van der Waals surface area contributed by atoms with E-state index in [1.165, 1.54) is 0 Å². The van der Waals surface area contributed by atoms with Crippen molar-refractivity contribution in [3.05, 3.63) is 0 Å². The van der Waals surface area contributed by atoms with Gasteiger partial charge in [-0.2, -0.15) is 13.2 Å². The molecule has 1 spiro atoms. The fraction of sp³-hybridized carbons (Fsp3) is 1.00. The van der Waals surface area contributed by atoms with Crippen LogP contribution in [0.2, 0.25) is 5.82 Å². The van der Waals surface area contributed by atoms with Gasteiger partial charge < -0.3 is 9.31 Å². The summed E-state index contributed by atoms with van der Waals surface area (Å²) in [5.41, 5.74) is -1.00. The van der Waals surface area contributed by atoms with Crippen LogP contribution in [0.25, 0.3) is 0 Å². The minimum atomic E-state index is -4.06. The van der Waals surface area contributed by atoms with Crippen molar-refractivity contribution in [2.24, 2.45) is 11.3 Å². The Balaban J connectivity index is 1.69. The van der Waals surface area contributed by atoms with Gasteiger partial charge in [0, 0.05) is 5.82 Å². The molecule has 0 N–H and O–H groups in total. The Morgan fingerprint density at radius 3 is 2.10 bits per heavy atom. The fourth-order valence-corrected chi connectivity index (χ4v) is 4.01. The van der Waals surface area contributed by atoms with E-state index < -0.39 is 23.3 Å². The smallest absolute Gasteiger partial charge is 0.403 e. The van der Waals surface area contributed by atoms with Gasteiger partial charge in [0.2, 0.25) is 0 Å². The second-order valence-electron chi connectivity index (χ2n) is 8.13. The van der Waals surface area contributed by atoms with E-state index >= 15 is 0 Å². The molecule has 6 heteroatoms. The molecule has 2 aliphatic carbocycles. The van der Waals surface area contributed by atoms with Gasteiger partial charge in [-0.3, -0.25) is 0 Å². The highest BCUT2D eigenvalue weighted by molar-refractivity contribution is 6.49. The lowest BCUT2D eigenvalue weighted by Crippen LogP contribution is -2.41. The summed E-state index contributed by atoms with van der Waals surface area (Å²) in [5, 5.41) is 0. The zero-order valence-corrected chi connectivity index (χ0v) is 13.2. The van der Waals surface area contributed by atoms with Crippen molar-refractivity contribution in [1.82, 2.24) is 0 Å². The van der Waals surface area contributed by atoms with Crippen LogP contribution >= 0.6 is 0 Å². The third-order valence-corrected chi connectivity index (χ3v) is 6.20. The Hall–Kier alpha value is -0.225. The first-order valence-electron chi connectivity index (χ1n) is 7.89. The van der Waals surface area contributed by atoms with Crippen LogP contribution in [0.4, 0.5) is 13.2 Å². The van der Waals surface area contributed by atoms with Crippen molar-refractivity contribution < 1.29 is 22.5 Å². The molecule has 0 amide bonds. The molecule has 0 aromatic heterocycles. The third kappa shape index (κ3) is 2.52. The van der Waals surface area contributed by atoms with Gasteiger partial charge in [-0.15, -0.1) is 0 Å². The number of alkyl halides is 3. The van der Waals surface area contributed by atoms with E-state index in [0.717, 1.165) is 12.8 Å². The number of halogens is 3. The highest BCUT2D eigenvalue weighted by atomic mass is 19.4. The normalized spacial score (nSPS) is 41.6. The van der Waals surface area contributed by atoms with E-state index in [4.69, 9.17) is 9.31 Å². The van der Waals surface area contributed by atoms with E-state index in [-0.39, 0.29) is 31.2 Å². The molecule has 1 aliphatic heterocycles. The van der Waals surface area contributed by atoms with Gasteiger partial charge in [-0.25, -0.2) is 0 Å². The summed E-state index contributed by atoms with van der Waals surface area (Å²) in [5.74, 6) is -1.01. The second-order valence-corrected chi connectivity index (χ2v) is 8.13. The van der Waals surface area contributed by atoms with Crippen LogP contribution in [0.15, 0.2) is 0 Å². The number of rotatable bonds is 1. The molecule has 0 aromatic rings. The van der Waals surface area contributed by atoms with Crippen LogP contribution < -0.4 is 0 Å². The summed E-state index contributed by atoms with van der Waals surface area (Å²) in [4.78, 5) is 0. The second kappa shape index (κ2) is 4.41. The maximum Gasteiger partial charge on any atom is 0.461 e. The van der Waals surface area contributed by atoms with Crippen LogP contribution in [0, 0.1) is 11.3 Å². The zero-order valence-electron chi connectivity index (χ0n) is 13.2. The summed E-state index contributed by atoms with van der Waals surface area (Å²) in [7, 11) is -0.345. The SMILES string of the molecule is CC1(C)OB(C2CC23CCCC(C(F)(F)F)C3)OC1(C)C. The molecule has 21 heavy (non-hydrogen) atoms. The first kappa shape index (κ1) is 15.7. The quantitative estimate of drug-likeness (QED) is 0.660. The molecule has 3 fully saturated rings. The van der Waals surface area contributed by atoms with E-state index in [2.05, 4.69) is 0 Å². The van der Waals surface area contributed by atoms with Crippen LogP contribution in [0.3, 0.4) is 0 Å². The molecule has 1 heterocycles. The molecule has 3 unspecified atom stereocenters. The molecule has 3 atom stereocenters. The van der Waals surface area contributed by atoms with Crippen molar-refractivity contribution in [3.8, 4) is 0 Å². The lowest BCUT2D eigenvalue weighted by atomic mass is 9.69. The number of hydrogen-bond donors (Lipinski definition) is 0. The van der Waals surface area contributed by atoms with Crippen molar-refractivity contribution in [2.45, 2.75) is 83.0 Å². The van der Waals surface area contributed by atoms with E-state index in [1.807, 2.05) is 27.7 Å². The summed E-state index contributed by atoms with van der Waals surface area (Å²) >= 11 is 0. The van der Waals surface area contributed by atoms with Gasteiger partial charge >= 0.3 is 13.3 Å². The van der Waals surface area contributed by atoms with Gasteiger partial charge in [-0.05, 0) is 58.8 Å². The lowest BCUT2D eigenvalue weighted by Gasteiger charge is -2.32. The molecule has 2 saturated carbocycles. The van der Waals surface area contributed by atoms with Crippen molar-refractivity contribution in [1.29, 1.82) is 0 Å². The standard InChI is InChI=1S/C15H24BF3O2/c1-12(2)13(3,4)21-16(20-12)11-9-14(11)7-5-6-10(8-14)15(17,18)19/h10-11H,5-9H2,1-4H3. The Morgan fingerprint density at radius 2 is 1.57 bits per heavy atom. The van der Waals surface area contributed by atoms with Crippen LogP contribution in [-0.4, -0.2) is 24.5 Å². The van der Waals surface area contributed by atoms with E-state index in [1.54, 1.807) is 0 Å². The maximum atomic E-state index is 13.0. The molecular formula is C15H24BF3O2. The van der Waals surface area contributed by atoms with Crippen molar-refractivity contribution >= 4 is 7.12 Å². The number of hydrogen-bond acceptors (Lipinski definition) is 2. The highest BCUT2D eigenvalue weighted by Gasteiger charge is 2.68. The van der Waals surface area contributed by atoms with Gasteiger partial charge in [0.15, 0.2) is 0 Å². The van der Waals surface area contributed by atoms with E-state index in [9.17, 15) is 13.2 Å². The first-order valence-corrected chi connectivity index (χ1v) is 7.89. The molecule has 0 aromatic carbocycles. The van der Waals surface area contributed by atoms with Crippen LogP contribution in [0.1, 0.15) is 59.8 Å². The van der Waals surface area contributed by atoms with Crippen molar-refractivity contribution in [3.63, 3.8) is 0 Å². The zero-order chi connectivity index (χ0) is 15.7. The maximum absolute atomic E-state index is 13.0. The molecule has 3 rings (SSSR count). The summed E-state index contributed by atoms with van der Waals surface area (Å²) in [6.45, 7) is 7.95. The highest BCUT2D eigenvalue weighted by Crippen LogP contribution is 2.70. The molecule has 0 radical (unpaired) electrons. The predicted molar refractivity (Wildman–Crippen MR) is 74.9 cm³/mol. The third-order valence-electron chi connectivity index (χ3n) is 6.20. The molecule has 2 nitrogen and oxygen atoms in total. The predicted octanol–water partition coefficient (Wildman–Crippen LogP) is 4.59. The first-order chi connectivity index (χ1) is 9.47. The Morgan fingerprint density at radius 1 is 1.00 bits per heavy atom. The Bertz CT molecular complexity index is 419. The molecule has 120 valence electrons. The van der Waals surface area contributed by atoms with Crippen molar-refractivity contribution in [2.75, 3.05) is 0 Å². The monoisotopic (exact) mass is 304 g/mol. The van der Waals surface area contributed by atoms with Gasteiger partial charge in [0.25, 0.3) is 0 Å². The lowest BCUT2D eigenvalue weighted by molar-refractivity contribution is -0.187. The summed E-state index contributed by atoms with van der Waals surface area (Å²) in [6, 6.07) is 0. The molecule has 3 aliphatic rings. The van der Waals surface area contributed by atoms with Crippen LogP contribution in [0.5, 0.6) is 0 Å². The molecule has 0 bridgehead atoms. The van der Waals surface area contributed by atoms with Gasteiger partial charge in [-0.1, -0.05) is 6.42 Å². The van der Waals surface area contributed by atoms with E-state index in [0.29, 0.717) is 6.42 Å².